The number of aromatic nitrogens is 3. The maximum Gasteiger partial charge on any atom is 0.258 e. The van der Waals surface area contributed by atoms with Crippen LogP contribution in [-0.4, -0.2) is 27.9 Å². The maximum atomic E-state index is 12.4. The number of anilines is 2. The van der Waals surface area contributed by atoms with E-state index in [1.807, 2.05) is 24.3 Å². The Bertz CT molecular complexity index is 791. The first-order valence-electron chi connectivity index (χ1n) is 7.52. The monoisotopic (exact) mass is 319 g/mol. The Morgan fingerprint density at radius 3 is 2.33 bits per heavy atom. The number of carbonyl (C=O) groups excluding carboxylic acids is 1. The smallest absolute Gasteiger partial charge is 0.258 e. The van der Waals surface area contributed by atoms with Gasteiger partial charge in [-0.1, -0.05) is 12.1 Å². The van der Waals surface area contributed by atoms with Crippen LogP contribution < -0.4 is 10.2 Å². The van der Waals surface area contributed by atoms with Crippen molar-refractivity contribution >= 4 is 17.5 Å². The largest absolute Gasteiger partial charge is 0.350 e. The molecule has 120 valence electrons. The zero-order valence-electron chi connectivity index (χ0n) is 13.3. The molecule has 0 fully saturated rings. The van der Waals surface area contributed by atoms with Gasteiger partial charge in [0.2, 0.25) is 5.95 Å². The van der Waals surface area contributed by atoms with E-state index in [2.05, 4.69) is 20.3 Å². The third kappa shape index (κ3) is 3.73. The van der Waals surface area contributed by atoms with Gasteiger partial charge in [-0.15, -0.1) is 0 Å². The number of rotatable bonds is 5. The van der Waals surface area contributed by atoms with Crippen molar-refractivity contribution in [1.82, 2.24) is 15.0 Å². The summed E-state index contributed by atoms with van der Waals surface area (Å²) in [6.07, 6.45) is 6.61. The molecule has 0 saturated carbocycles. The van der Waals surface area contributed by atoms with E-state index in [1.165, 1.54) is 0 Å². The van der Waals surface area contributed by atoms with Gasteiger partial charge >= 0.3 is 0 Å². The van der Waals surface area contributed by atoms with E-state index >= 15 is 0 Å². The lowest BCUT2D eigenvalue weighted by atomic mass is 10.1. The van der Waals surface area contributed by atoms with Crippen LogP contribution in [0.15, 0.2) is 67.3 Å². The van der Waals surface area contributed by atoms with Gasteiger partial charge in [-0.3, -0.25) is 9.78 Å². The molecule has 3 aromatic rings. The van der Waals surface area contributed by atoms with Gasteiger partial charge in [-0.25, -0.2) is 9.97 Å². The Morgan fingerprint density at radius 2 is 1.67 bits per heavy atom. The molecule has 0 saturated heterocycles. The molecule has 2 heterocycles. The van der Waals surface area contributed by atoms with Gasteiger partial charge in [0.25, 0.3) is 5.91 Å². The number of hydrogen-bond donors (Lipinski definition) is 1. The highest BCUT2D eigenvalue weighted by Gasteiger charge is 2.12. The van der Waals surface area contributed by atoms with Crippen molar-refractivity contribution in [3.8, 4) is 0 Å². The molecular formula is C18H17N5O. The van der Waals surface area contributed by atoms with Crippen LogP contribution in [0.3, 0.4) is 0 Å². The Morgan fingerprint density at radius 1 is 1.00 bits per heavy atom. The molecule has 0 unspecified atom stereocenters. The molecule has 1 aromatic carbocycles. The summed E-state index contributed by atoms with van der Waals surface area (Å²) >= 11 is 0. The minimum absolute atomic E-state index is 0.0686. The van der Waals surface area contributed by atoms with E-state index in [0.29, 0.717) is 18.1 Å². The first-order valence-corrected chi connectivity index (χ1v) is 7.52. The summed E-state index contributed by atoms with van der Waals surface area (Å²) in [6.45, 7) is 0.617. The van der Waals surface area contributed by atoms with E-state index in [1.54, 1.807) is 54.9 Å². The summed E-state index contributed by atoms with van der Waals surface area (Å²) in [4.78, 5) is 26.2. The topological polar surface area (TPSA) is 71.0 Å². The predicted molar refractivity (Wildman–Crippen MR) is 92.8 cm³/mol. The molecule has 0 radical (unpaired) electrons. The van der Waals surface area contributed by atoms with E-state index in [9.17, 15) is 4.79 Å². The highest BCUT2D eigenvalue weighted by molar-refractivity contribution is 6.05. The van der Waals surface area contributed by atoms with Crippen LogP contribution in [0.5, 0.6) is 0 Å². The number of nitrogens with zero attached hydrogens (tertiary/aromatic N) is 4. The van der Waals surface area contributed by atoms with Crippen molar-refractivity contribution in [3.63, 3.8) is 0 Å². The molecule has 0 aliphatic rings. The van der Waals surface area contributed by atoms with Gasteiger partial charge < -0.3 is 10.2 Å². The summed E-state index contributed by atoms with van der Waals surface area (Å²) < 4.78 is 0. The molecule has 0 aliphatic carbocycles. The lowest BCUT2D eigenvalue weighted by Gasteiger charge is -2.17. The fourth-order valence-electron chi connectivity index (χ4n) is 2.21. The molecule has 6 nitrogen and oxygen atoms in total. The van der Waals surface area contributed by atoms with Gasteiger partial charge in [0, 0.05) is 49.6 Å². The first-order chi connectivity index (χ1) is 11.7. The van der Waals surface area contributed by atoms with Crippen LogP contribution >= 0.6 is 0 Å². The lowest BCUT2D eigenvalue weighted by molar-refractivity contribution is 0.0993. The van der Waals surface area contributed by atoms with Crippen LogP contribution in [0.4, 0.5) is 11.6 Å². The molecule has 0 atom stereocenters. The van der Waals surface area contributed by atoms with E-state index in [-0.39, 0.29) is 5.91 Å². The number of pyridine rings is 1. The zero-order chi connectivity index (χ0) is 16.8. The van der Waals surface area contributed by atoms with Gasteiger partial charge in [-0.05, 0) is 35.9 Å². The van der Waals surface area contributed by atoms with E-state index in [0.717, 1.165) is 11.3 Å². The molecule has 1 amide bonds. The van der Waals surface area contributed by atoms with Crippen molar-refractivity contribution in [3.05, 3.63) is 78.4 Å². The predicted octanol–water partition coefficient (Wildman–Crippen LogP) is 2.76. The second kappa shape index (κ2) is 7.32. The summed E-state index contributed by atoms with van der Waals surface area (Å²) in [7, 11) is 1.76. The Kier molecular flexibility index (Phi) is 4.76. The van der Waals surface area contributed by atoms with Crippen molar-refractivity contribution in [2.45, 2.75) is 6.54 Å². The standard InChI is InChI=1S/C18H17N5O/c1-23(17(24)15-7-11-19-12-8-15)16-5-3-14(4-6-16)13-22-18-20-9-2-10-21-18/h2-12H,13H2,1H3,(H,20,21,22). The summed E-state index contributed by atoms with van der Waals surface area (Å²) in [6, 6.07) is 13.0. The normalized spacial score (nSPS) is 10.2. The first kappa shape index (κ1) is 15.6. The second-order valence-corrected chi connectivity index (χ2v) is 5.19. The molecule has 0 spiro atoms. The van der Waals surface area contributed by atoms with Crippen LogP contribution in [0.2, 0.25) is 0 Å². The zero-order valence-corrected chi connectivity index (χ0v) is 13.3. The number of amides is 1. The third-order valence-electron chi connectivity index (χ3n) is 3.57. The van der Waals surface area contributed by atoms with Gasteiger partial charge in [-0.2, -0.15) is 0 Å². The Labute approximate surface area is 140 Å². The average molecular weight is 319 g/mol. The van der Waals surface area contributed by atoms with Crippen LogP contribution in [0, 0.1) is 0 Å². The fraction of sp³-hybridized carbons (Fsp3) is 0.111. The molecule has 0 bridgehead atoms. The molecule has 24 heavy (non-hydrogen) atoms. The number of benzene rings is 1. The van der Waals surface area contributed by atoms with E-state index < -0.39 is 0 Å². The van der Waals surface area contributed by atoms with Crippen molar-refractivity contribution in [2.75, 3.05) is 17.3 Å². The molecule has 6 heteroatoms. The van der Waals surface area contributed by atoms with Gasteiger partial charge in [0.05, 0.1) is 0 Å². The van der Waals surface area contributed by atoms with Crippen LogP contribution in [0.1, 0.15) is 15.9 Å². The SMILES string of the molecule is CN(C(=O)c1ccncc1)c1ccc(CNc2ncccn2)cc1. The van der Waals surface area contributed by atoms with E-state index in [4.69, 9.17) is 0 Å². The number of nitrogens with one attached hydrogen (secondary N) is 1. The fourth-order valence-corrected chi connectivity index (χ4v) is 2.21. The maximum absolute atomic E-state index is 12.4. The van der Waals surface area contributed by atoms with Crippen LogP contribution in [-0.2, 0) is 6.54 Å². The van der Waals surface area contributed by atoms with Gasteiger partial charge in [0.15, 0.2) is 0 Å². The van der Waals surface area contributed by atoms with Crippen molar-refractivity contribution in [1.29, 1.82) is 0 Å². The highest BCUT2D eigenvalue weighted by atomic mass is 16.2. The molecule has 2 aromatic heterocycles. The minimum atomic E-state index is -0.0686. The Balaban J connectivity index is 1.64. The highest BCUT2D eigenvalue weighted by Crippen LogP contribution is 2.17. The van der Waals surface area contributed by atoms with Crippen LogP contribution in [0.25, 0.3) is 0 Å². The summed E-state index contributed by atoms with van der Waals surface area (Å²) in [5.74, 6) is 0.521. The lowest BCUT2D eigenvalue weighted by Crippen LogP contribution is -2.26. The summed E-state index contributed by atoms with van der Waals surface area (Å²) in [5.41, 5.74) is 2.52. The minimum Gasteiger partial charge on any atom is -0.350 e. The van der Waals surface area contributed by atoms with Crippen molar-refractivity contribution in [2.24, 2.45) is 0 Å². The molecule has 3 rings (SSSR count). The number of carbonyl (C=O) groups is 1. The molecule has 1 N–H and O–H groups in total. The quantitative estimate of drug-likeness (QED) is 0.783. The average Bonchev–Trinajstić information content (AvgIpc) is 2.67. The van der Waals surface area contributed by atoms with Crippen molar-refractivity contribution < 1.29 is 4.79 Å². The van der Waals surface area contributed by atoms with Gasteiger partial charge in [0.1, 0.15) is 0 Å². The molecule has 0 aliphatic heterocycles. The third-order valence-corrected chi connectivity index (χ3v) is 3.57. The Hall–Kier alpha value is -3.28. The second-order valence-electron chi connectivity index (χ2n) is 5.19. The number of hydrogen-bond acceptors (Lipinski definition) is 5. The summed E-state index contributed by atoms with van der Waals surface area (Å²) in [5, 5.41) is 3.15. The molecular weight excluding hydrogens is 302 g/mol.